The molecule has 1 saturated heterocycles. The van der Waals surface area contributed by atoms with Gasteiger partial charge in [0, 0.05) is 41.4 Å². The van der Waals surface area contributed by atoms with E-state index in [4.69, 9.17) is 33.7 Å². The monoisotopic (exact) mass is 676 g/mol. The highest BCUT2D eigenvalue weighted by Crippen LogP contribution is 2.52. The summed E-state index contributed by atoms with van der Waals surface area (Å²) in [6, 6.07) is 10.3. The molecule has 1 aliphatic rings. The number of aromatic nitrogens is 2. The zero-order chi connectivity index (χ0) is 34.0. The van der Waals surface area contributed by atoms with Gasteiger partial charge in [-0.15, -0.1) is 0 Å². The van der Waals surface area contributed by atoms with Gasteiger partial charge < -0.3 is 26.2 Å². The molecule has 1 aliphatic heterocycles. The van der Waals surface area contributed by atoms with E-state index in [9.17, 15) is 15.2 Å². The predicted molar refractivity (Wildman–Crippen MR) is 174 cm³/mol. The maximum absolute atomic E-state index is 15.9. The van der Waals surface area contributed by atoms with Crippen LogP contribution in [0.15, 0.2) is 48.7 Å². The molecule has 0 unspecified atom stereocenters. The van der Waals surface area contributed by atoms with Gasteiger partial charge in [-0.05, 0) is 49.4 Å². The number of nitrogens with one attached hydrogen (secondary N) is 2. The minimum Gasteiger partial charge on any atom is -0.389 e. The number of nitrogens with zero attached hydrogens (tertiary/aromatic N) is 3. The first kappa shape index (κ1) is 35.7. The van der Waals surface area contributed by atoms with E-state index in [-0.39, 0.29) is 45.6 Å². The second kappa shape index (κ2) is 13.9. The van der Waals surface area contributed by atoms with Crippen LogP contribution in [-0.4, -0.2) is 57.7 Å². The van der Waals surface area contributed by atoms with Crippen molar-refractivity contribution >= 4 is 34.9 Å². The number of rotatable bonds is 11. The predicted octanol–water partition coefficient (Wildman–Crippen LogP) is 5.54. The summed E-state index contributed by atoms with van der Waals surface area (Å²) in [6.07, 6.45) is 1.20. The number of aliphatic hydroxyl groups is 1. The molecule has 5 atom stereocenters. The fourth-order valence-electron chi connectivity index (χ4n) is 6.10. The van der Waals surface area contributed by atoms with E-state index in [1.807, 2.05) is 34.6 Å². The molecule has 2 aromatic carbocycles. The lowest BCUT2D eigenvalue weighted by Gasteiger charge is -2.37. The van der Waals surface area contributed by atoms with Crippen LogP contribution >= 0.6 is 23.2 Å². The van der Waals surface area contributed by atoms with E-state index < -0.39 is 52.7 Å². The molecule has 2 heterocycles. The largest absolute Gasteiger partial charge is 0.389 e. The second-order valence-corrected chi connectivity index (χ2v) is 14.4. The lowest BCUT2D eigenvalue weighted by molar-refractivity contribution is -0.118. The van der Waals surface area contributed by atoms with Crippen LogP contribution in [0.2, 0.25) is 10.0 Å². The van der Waals surface area contributed by atoms with Crippen LogP contribution in [0.25, 0.3) is 0 Å². The van der Waals surface area contributed by atoms with Gasteiger partial charge in [0.1, 0.15) is 17.0 Å². The van der Waals surface area contributed by atoms with Gasteiger partial charge in [0.25, 0.3) is 0 Å². The summed E-state index contributed by atoms with van der Waals surface area (Å²) in [5, 5.41) is 31.2. The van der Waals surface area contributed by atoms with Gasteiger partial charge in [0.2, 0.25) is 5.91 Å². The molecular formula is C33H40Cl2F2N6O3. The Morgan fingerprint density at radius 2 is 1.96 bits per heavy atom. The Balaban J connectivity index is 1.76. The maximum atomic E-state index is 15.9. The Morgan fingerprint density at radius 3 is 2.59 bits per heavy atom. The average molecular weight is 678 g/mol. The van der Waals surface area contributed by atoms with Crippen molar-refractivity contribution in [3.63, 3.8) is 0 Å². The first-order valence-corrected chi connectivity index (χ1v) is 15.7. The first-order valence-electron chi connectivity index (χ1n) is 14.9. The average Bonchev–Trinajstić information content (AvgIpc) is 3.53. The summed E-state index contributed by atoms with van der Waals surface area (Å²) in [7, 11) is 0. The Hall–Kier alpha value is -3.11. The molecule has 1 amide bonds. The Kier molecular flexibility index (Phi) is 10.8. The van der Waals surface area contributed by atoms with Gasteiger partial charge in [0.05, 0.1) is 42.0 Å². The number of hydrogen-bond acceptors (Lipinski definition) is 7. The number of nitriles is 1. The third-order valence-corrected chi connectivity index (χ3v) is 8.63. The van der Waals surface area contributed by atoms with E-state index in [0.717, 1.165) is 6.07 Å². The molecule has 0 spiro atoms. The molecule has 0 aliphatic carbocycles. The van der Waals surface area contributed by atoms with Crippen molar-refractivity contribution in [2.45, 2.75) is 82.7 Å². The molecule has 3 aromatic rings. The summed E-state index contributed by atoms with van der Waals surface area (Å²) in [5.74, 6) is -3.14. The van der Waals surface area contributed by atoms with Crippen molar-refractivity contribution in [2.24, 2.45) is 11.1 Å². The quantitative estimate of drug-likeness (QED) is 0.209. The lowest BCUT2D eigenvalue weighted by Crippen LogP contribution is -2.45. The number of aliphatic hydroxyl groups excluding tert-OH is 1. The van der Waals surface area contributed by atoms with Gasteiger partial charge in [-0.3, -0.25) is 9.48 Å². The second-order valence-electron chi connectivity index (χ2n) is 13.5. The van der Waals surface area contributed by atoms with Gasteiger partial charge in [0.15, 0.2) is 5.82 Å². The van der Waals surface area contributed by atoms with E-state index in [1.165, 1.54) is 30.3 Å². The molecular weight excluding hydrogens is 637 g/mol. The van der Waals surface area contributed by atoms with Gasteiger partial charge in [-0.25, -0.2) is 8.78 Å². The van der Waals surface area contributed by atoms with Crippen molar-refractivity contribution in [1.29, 1.82) is 5.26 Å². The molecule has 9 nitrogen and oxygen atoms in total. The smallest absolute Gasteiger partial charge is 0.243 e. The van der Waals surface area contributed by atoms with Crippen LogP contribution in [-0.2, 0) is 21.5 Å². The third kappa shape index (κ3) is 7.71. The SMILES string of the molecule is CC(C)(C)C[C@@H]1N[C@@H](C(=O)Nc2ccn(CC(C)(C)OC[C@H](O)CN)n2)[C@H](c2cccc(Cl)c2F)[C@@]1(C#N)c1ccc(Cl)cc1F. The summed E-state index contributed by atoms with van der Waals surface area (Å²) in [5.41, 5.74) is 2.61. The van der Waals surface area contributed by atoms with Crippen LogP contribution in [0.3, 0.4) is 0 Å². The van der Waals surface area contributed by atoms with E-state index in [1.54, 1.807) is 16.9 Å². The fourth-order valence-corrected chi connectivity index (χ4v) is 6.44. The van der Waals surface area contributed by atoms with Gasteiger partial charge in [-0.2, -0.15) is 10.4 Å². The molecule has 0 bridgehead atoms. The molecule has 13 heteroatoms. The highest BCUT2D eigenvalue weighted by molar-refractivity contribution is 6.31. The Labute approximate surface area is 278 Å². The number of carbonyl (C=O) groups is 1. The molecule has 1 aromatic heterocycles. The molecule has 0 saturated carbocycles. The van der Waals surface area contributed by atoms with Gasteiger partial charge >= 0.3 is 0 Å². The van der Waals surface area contributed by atoms with E-state index in [0.29, 0.717) is 13.0 Å². The zero-order valence-electron chi connectivity index (χ0n) is 26.5. The molecule has 1 fully saturated rings. The highest BCUT2D eigenvalue weighted by Gasteiger charge is 2.61. The molecule has 5 N–H and O–H groups in total. The van der Waals surface area contributed by atoms with Crippen molar-refractivity contribution in [1.82, 2.24) is 15.1 Å². The number of ether oxygens (including phenoxy) is 1. The van der Waals surface area contributed by atoms with Crippen LogP contribution in [0.4, 0.5) is 14.6 Å². The minimum absolute atomic E-state index is 0.00319. The summed E-state index contributed by atoms with van der Waals surface area (Å²) < 4.78 is 39.0. The van der Waals surface area contributed by atoms with E-state index >= 15 is 8.78 Å². The number of hydrogen-bond donors (Lipinski definition) is 4. The van der Waals surface area contributed by atoms with Gasteiger partial charge in [-0.1, -0.05) is 62.2 Å². The fraction of sp³-hybridized carbons (Fsp3) is 0.485. The van der Waals surface area contributed by atoms with E-state index in [2.05, 4.69) is 21.8 Å². The summed E-state index contributed by atoms with van der Waals surface area (Å²) in [6.45, 7) is 9.96. The standard InChI is InChI=1S/C33H40Cl2F2N6O3/c1-31(2,3)14-25-33(17-39,22-10-9-19(34)13-24(22)36)27(21-7-6-8-23(35)28(21)37)29(40-25)30(45)41-26-11-12-43(42-26)18-32(4,5)46-16-20(44)15-38/h6-13,20,25,27,29,40,44H,14-16,18,38H2,1-5H3,(H,41,42,45)/t20-,25+,27+,29-,33+/m1/s1. The van der Waals surface area contributed by atoms with Crippen LogP contribution in [0.5, 0.6) is 0 Å². The minimum atomic E-state index is -1.75. The topological polar surface area (TPSA) is 138 Å². The molecule has 0 radical (unpaired) electrons. The lowest BCUT2D eigenvalue weighted by atomic mass is 9.62. The molecule has 248 valence electrons. The number of anilines is 1. The summed E-state index contributed by atoms with van der Waals surface area (Å²) in [4.78, 5) is 14.1. The Bertz CT molecular complexity index is 1600. The van der Waals surface area contributed by atoms with Crippen LogP contribution in [0, 0.1) is 28.4 Å². The number of amides is 1. The first-order chi connectivity index (χ1) is 21.5. The van der Waals surface area contributed by atoms with Crippen molar-refractivity contribution in [3.05, 3.63) is 81.5 Å². The number of nitrogens with two attached hydrogens (primary N) is 1. The number of benzene rings is 2. The Morgan fingerprint density at radius 1 is 1.24 bits per heavy atom. The third-order valence-electron chi connectivity index (χ3n) is 8.10. The van der Waals surface area contributed by atoms with Crippen molar-refractivity contribution in [2.75, 3.05) is 18.5 Å². The normalized spacial score (nSPS) is 22.4. The van der Waals surface area contributed by atoms with Crippen molar-refractivity contribution in [3.8, 4) is 6.07 Å². The van der Waals surface area contributed by atoms with Crippen LogP contribution in [0.1, 0.15) is 58.1 Å². The zero-order valence-corrected chi connectivity index (χ0v) is 28.0. The summed E-state index contributed by atoms with van der Waals surface area (Å²) >= 11 is 12.3. The molecule has 46 heavy (non-hydrogen) atoms. The number of halogens is 4. The van der Waals surface area contributed by atoms with Crippen LogP contribution < -0.4 is 16.4 Å². The number of carbonyl (C=O) groups excluding carboxylic acids is 1. The molecule has 4 rings (SSSR count). The van der Waals surface area contributed by atoms with Crippen molar-refractivity contribution < 1.29 is 23.4 Å². The maximum Gasteiger partial charge on any atom is 0.243 e. The highest BCUT2D eigenvalue weighted by atomic mass is 35.5.